The smallest absolute Gasteiger partial charge is 0.271 e. The fourth-order valence-electron chi connectivity index (χ4n) is 5.40. The maximum Gasteiger partial charge on any atom is 0.271 e. The van der Waals surface area contributed by atoms with Gasteiger partial charge in [-0.3, -0.25) is 0 Å². The van der Waals surface area contributed by atoms with E-state index in [1.807, 2.05) is 52.8 Å². The highest BCUT2D eigenvalue weighted by molar-refractivity contribution is 8.00. The van der Waals surface area contributed by atoms with Crippen molar-refractivity contribution in [2.45, 2.75) is 48.5 Å². The molecule has 5 nitrogen and oxygen atoms in total. The Morgan fingerprint density at radius 3 is 2.61 bits per heavy atom. The molecule has 1 atom stereocenters. The van der Waals surface area contributed by atoms with Crippen LogP contribution in [0.25, 0.3) is 31.4 Å². The molecule has 0 aliphatic carbocycles. The number of halogens is 3. The zero-order valence-electron chi connectivity index (χ0n) is 22.3. The fraction of sp³-hybridized carbons (Fsp3) is 0.323. The maximum atomic E-state index is 14.8. The predicted molar refractivity (Wildman–Crippen MR) is 158 cm³/mol. The van der Waals surface area contributed by atoms with Crippen LogP contribution in [0.2, 0.25) is 0 Å². The molecule has 2 aliphatic rings. The second-order valence-electron chi connectivity index (χ2n) is 10.6. The lowest BCUT2D eigenvalue weighted by molar-refractivity contribution is -0.0366. The van der Waals surface area contributed by atoms with Crippen molar-refractivity contribution in [3.8, 4) is 21.9 Å². The molecule has 41 heavy (non-hydrogen) atoms. The standard InChI is InChI=1S/C31H28F3N3O2S2/c1-31(33,34)25-14-18(32)5-10-22(25)30-28(39-19-6-8-20(9-7-19)40-21-15-35-16-21)23-11-12-26-24(29(23)41-30)17-36-37(26)27-4-2-3-13-38-27/h5-12,14,17,21,27,35H,2-4,13,15-16H2,1H3. The van der Waals surface area contributed by atoms with Crippen molar-refractivity contribution >= 4 is 44.1 Å². The molecule has 1 unspecified atom stereocenters. The first-order valence-electron chi connectivity index (χ1n) is 13.7. The van der Waals surface area contributed by atoms with E-state index in [1.54, 1.807) is 6.20 Å². The SMILES string of the molecule is CC(F)(F)c1cc(F)ccc1-c1sc2c(ccc3c2cnn3C2CCCCO2)c1Oc1ccc(SC2CNC2)cc1. The lowest BCUT2D eigenvalue weighted by atomic mass is 10.00. The van der Waals surface area contributed by atoms with Gasteiger partial charge in [0.15, 0.2) is 12.0 Å². The number of hydrogen-bond acceptors (Lipinski definition) is 6. The molecule has 0 saturated carbocycles. The monoisotopic (exact) mass is 595 g/mol. The van der Waals surface area contributed by atoms with E-state index >= 15 is 0 Å². The zero-order valence-corrected chi connectivity index (χ0v) is 24.0. The molecule has 0 amide bonds. The summed E-state index contributed by atoms with van der Waals surface area (Å²) >= 11 is 3.17. The average molecular weight is 596 g/mol. The summed E-state index contributed by atoms with van der Waals surface area (Å²) in [5.41, 5.74) is 0.781. The molecule has 7 rings (SSSR count). The van der Waals surface area contributed by atoms with Crippen LogP contribution >= 0.6 is 23.1 Å². The summed E-state index contributed by atoms with van der Waals surface area (Å²) in [5.74, 6) is -2.90. The molecule has 2 aromatic heterocycles. The Hall–Kier alpha value is -3.05. The number of ether oxygens (including phenoxy) is 2. The number of hydrogen-bond donors (Lipinski definition) is 1. The van der Waals surface area contributed by atoms with Crippen LogP contribution in [0.3, 0.4) is 0 Å². The van der Waals surface area contributed by atoms with Gasteiger partial charge in [0.1, 0.15) is 11.6 Å². The molecule has 0 radical (unpaired) electrons. The summed E-state index contributed by atoms with van der Waals surface area (Å²) in [6.45, 7) is 3.47. The van der Waals surface area contributed by atoms with Crippen molar-refractivity contribution in [3.63, 3.8) is 0 Å². The van der Waals surface area contributed by atoms with E-state index in [2.05, 4.69) is 10.4 Å². The molecule has 5 aromatic rings. The van der Waals surface area contributed by atoms with Crippen molar-refractivity contribution in [3.05, 3.63) is 72.2 Å². The highest BCUT2D eigenvalue weighted by Gasteiger charge is 2.32. The molecule has 0 spiro atoms. The number of rotatable bonds is 7. The third-order valence-corrected chi connectivity index (χ3v) is 10.1. The Bertz CT molecular complexity index is 1720. The largest absolute Gasteiger partial charge is 0.455 e. The molecular weight excluding hydrogens is 567 g/mol. The summed E-state index contributed by atoms with van der Waals surface area (Å²) in [6, 6.07) is 15.3. The van der Waals surface area contributed by atoms with Crippen LogP contribution in [-0.4, -0.2) is 34.7 Å². The quantitative estimate of drug-likeness (QED) is 0.204. The Morgan fingerprint density at radius 1 is 1.07 bits per heavy atom. The van der Waals surface area contributed by atoms with Crippen LogP contribution in [0.15, 0.2) is 65.7 Å². The van der Waals surface area contributed by atoms with E-state index in [4.69, 9.17) is 9.47 Å². The van der Waals surface area contributed by atoms with Gasteiger partial charge in [0.25, 0.3) is 5.92 Å². The number of thioether (sulfide) groups is 1. The second kappa shape index (κ2) is 10.7. The summed E-state index contributed by atoms with van der Waals surface area (Å²) in [7, 11) is 0. The Kier molecular flexibility index (Phi) is 6.97. The van der Waals surface area contributed by atoms with E-state index < -0.39 is 11.7 Å². The summed E-state index contributed by atoms with van der Waals surface area (Å²) in [5, 5.41) is 10.2. The number of alkyl halides is 2. The molecule has 0 bridgehead atoms. The van der Waals surface area contributed by atoms with Crippen molar-refractivity contribution in [2.75, 3.05) is 19.7 Å². The molecule has 2 fully saturated rings. The number of nitrogens with one attached hydrogen (secondary N) is 1. The van der Waals surface area contributed by atoms with Crippen molar-refractivity contribution < 1.29 is 22.6 Å². The number of aromatic nitrogens is 2. The average Bonchev–Trinajstić information content (AvgIpc) is 3.53. The van der Waals surface area contributed by atoms with Gasteiger partial charge in [-0.25, -0.2) is 17.9 Å². The van der Waals surface area contributed by atoms with Gasteiger partial charge in [-0.15, -0.1) is 23.1 Å². The topological polar surface area (TPSA) is 48.3 Å². The van der Waals surface area contributed by atoms with Gasteiger partial charge >= 0.3 is 0 Å². The normalized spacial score (nSPS) is 18.2. The first kappa shape index (κ1) is 26.8. The first-order valence-corrected chi connectivity index (χ1v) is 15.4. The number of thiophene rings is 1. The van der Waals surface area contributed by atoms with Gasteiger partial charge in [0.2, 0.25) is 0 Å². The van der Waals surface area contributed by atoms with E-state index in [0.717, 1.165) is 71.2 Å². The third-order valence-electron chi connectivity index (χ3n) is 7.60. The maximum absolute atomic E-state index is 14.8. The number of benzene rings is 3. The lowest BCUT2D eigenvalue weighted by Gasteiger charge is -2.26. The molecule has 1 N–H and O–H groups in total. The minimum atomic E-state index is -3.25. The fourth-order valence-corrected chi connectivity index (χ4v) is 7.75. The van der Waals surface area contributed by atoms with Gasteiger partial charge in [-0.1, -0.05) is 6.07 Å². The van der Waals surface area contributed by atoms with Gasteiger partial charge in [-0.05, 0) is 67.8 Å². The van der Waals surface area contributed by atoms with Crippen molar-refractivity contribution in [1.82, 2.24) is 15.1 Å². The van der Waals surface area contributed by atoms with Crippen LogP contribution in [0, 0.1) is 5.82 Å². The van der Waals surface area contributed by atoms with Gasteiger partial charge in [-0.2, -0.15) is 5.10 Å². The molecule has 3 aromatic carbocycles. The Balaban J connectivity index is 1.36. The van der Waals surface area contributed by atoms with Crippen LogP contribution in [0.5, 0.6) is 11.5 Å². The molecular formula is C31H28F3N3O2S2. The van der Waals surface area contributed by atoms with Crippen LogP contribution < -0.4 is 10.1 Å². The highest BCUT2D eigenvalue weighted by Crippen LogP contribution is 2.51. The number of fused-ring (bicyclic) bond motifs is 3. The van der Waals surface area contributed by atoms with Gasteiger partial charge in [0.05, 0.1) is 16.6 Å². The van der Waals surface area contributed by atoms with Crippen LogP contribution in [0.4, 0.5) is 13.2 Å². The minimum Gasteiger partial charge on any atom is -0.455 e. The summed E-state index contributed by atoms with van der Waals surface area (Å²) in [6.07, 6.45) is 4.66. The first-order chi connectivity index (χ1) is 19.8. The van der Waals surface area contributed by atoms with E-state index in [1.165, 1.54) is 23.5 Å². The highest BCUT2D eigenvalue weighted by atomic mass is 32.2. The minimum absolute atomic E-state index is 0.136. The zero-order chi connectivity index (χ0) is 28.1. The van der Waals surface area contributed by atoms with Crippen molar-refractivity contribution in [2.24, 2.45) is 0 Å². The van der Waals surface area contributed by atoms with Gasteiger partial charge in [0, 0.05) is 63.4 Å². The Morgan fingerprint density at radius 2 is 1.90 bits per heavy atom. The molecule has 2 aliphatic heterocycles. The lowest BCUT2D eigenvalue weighted by Crippen LogP contribution is -2.44. The third kappa shape index (κ3) is 5.11. The predicted octanol–water partition coefficient (Wildman–Crippen LogP) is 8.72. The summed E-state index contributed by atoms with van der Waals surface area (Å²) < 4.78 is 59.1. The molecule has 212 valence electrons. The van der Waals surface area contributed by atoms with E-state index in [-0.39, 0.29) is 17.4 Å². The molecule has 4 heterocycles. The van der Waals surface area contributed by atoms with E-state index in [0.29, 0.717) is 28.2 Å². The van der Waals surface area contributed by atoms with Gasteiger partial charge < -0.3 is 14.8 Å². The molecule has 2 saturated heterocycles. The van der Waals surface area contributed by atoms with E-state index in [9.17, 15) is 13.2 Å². The number of nitrogens with zero attached hydrogens (tertiary/aromatic N) is 2. The Labute approximate surface area is 243 Å². The summed E-state index contributed by atoms with van der Waals surface area (Å²) in [4.78, 5) is 1.66. The van der Waals surface area contributed by atoms with Crippen molar-refractivity contribution in [1.29, 1.82) is 0 Å². The second-order valence-corrected chi connectivity index (χ2v) is 13.0. The van der Waals surface area contributed by atoms with Crippen LogP contribution in [-0.2, 0) is 10.7 Å². The molecule has 10 heteroatoms. The van der Waals surface area contributed by atoms with Crippen LogP contribution in [0.1, 0.15) is 38.0 Å².